The predicted octanol–water partition coefficient (Wildman–Crippen LogP) is 6.42. The number of para-hydroxylation sites is 2. The van der Waals surface area contributed by atoms with E-state index in [-0.39, 0.29) is 23.4 Å². The van der Waals surface area contributed by atoms with Crippen LogP contribution in [0.2, 0.25) is 0 Å². The number of hydrogen-bond donors (Lipinski definition) is 0. The number of rotatable bonds is 7. The van der Waals surface area contributed by atoms with E-state index >= 15 is 0 Å². The van der Waals surface area contributed by atoms with E-state index in [1.807, 2.05) is 0 Å². The molecule has 0 N–H and O–H groups in total. The number of nitrogens with zero attached hydrogens (tertiary/aromatic N) is 4. The number of ether oxygens (including phenoxy) is 2. The van der Waals surface area contributed by atoms with Crippen LogP contribution in [0.5, 0.6) is 11.5 Å². The SMILES string of the molecule is COc1cccc(C=Nn2c(-c3cccc(C(F)(F)F)c3)nc3ccccc3c2=O)c1OCc1ccccc1C#N. The summed E-state index contributed by atoms with van der Waals surface area (Å²) >= 11 is 0. The first-order valence-electron chi connectivity index (χ1n) is 12.3. The van der Waals surface area contributed by atoms with Gasteiger partial charge in [0.05, 0.1) is 41.4 Å². The van der Waals surface area contributed by atoms with Crippen molar-refractivity contribution in [3.05, 3.63) is 124 Å². The molecule has 0 aliphatic heterocycles. The lowest BCUT2D eigenvalue weighted by Crippen LogP contribution is -2.20. The third-order valence-electron chi connectivity index (χ3n) is 6.25. The Kier molecular flexibility index (Phi) is 7.52. The zero-order chi connectivity index (χ0) is 29.0. The van der Waals surface area contributed by atoms with Crippen LogP contribution in [0.4, 0.5) is 13.2 Å². The number of methoxy groups -OCH3 is 1. The van der Waals surface area contributed by atoms with Crippen LogP contribution in [0.15, 0.2) is 101 Å². The minimum absolute atomic E-state index is 0.0535. The number of halogens is 3. The van der Waals surface area contributed by atoms with Gasteiger partial charge in [0.1, 0.15) is 6.61 Å². The molecule has 10 heteroatoms. The molecular formula is C31H21F3N4O3. The summed E-state index contributed by atoms with van der Waals surface area (Å²) in [4.78, 5) is 18.0. The second kappa shape index (κ2) is 11.4. The van der Waals surface area contributed by atoms with Crippen molar-refractivity contribution in [1.29, 1.82) is 5.26 Å². The van der Waals surface area contributed by atoms with Crippen LogP contribution in [-0.2, 0) is 12.8 Å². The maximum Gasteiger partial charge on any atom is 0.416 e. The monoisotopic (exact) mass is 554 g/mol. The number of alkyl halides is 3. The number of fused-ring (bicyclic) bond motifs is 1. The third kappa shape index (κ3) is 5.65. The molecule has 0 bridgehead atoms. The van der Waals surface area contributed by atoms with E-state index in [4.69, 9.17) is 9.47 Å². The zero-order valence-corrected chi connectivity index (χ0v) is 21.6. The van der Waals surface area contributed by atoms with Gasteiger partial charge in [0, 0.05) is 16.7 Å². The Hall–Kier alpha value is -5.43. The summed E-state index contributed by atoms with van der Waals surface area (Å²) in [6.45, 7) is 0.0535. The van der Waals surface area contributed by atoms with Crippen molar-refractivity contribution < 1.29 is 22.6 Å². The van der Waals surface area contributed by atoms with Crippen molar-refractivity contribution in [3.8, 4) is 29.0 Å². The second-order valence-electron chi connectivity index (χ2n) is 8.83. The molecule has 0 aliphatic rings. The van der Waals surface area contributed by atoms with Gasteiger partial charge in [0.15, 0.2) is 17.3 Å². The summed E-state index contributed by atoms with van der Waals surface area (Å²) in [6.07, 6.45) is -3.23. The lowest BCUT2D eigenvalue weighted by atomic mass is 10.1. The van der Waals surface area contributed by atoms with Gasteiger partial charge in [-0.15, -0.1) is 0 Å². The smallest absolute Gasteiger partial charge is 0.416 e. The molecular weight excluding hydrogens is 533 g/mol. The van der Waals surface area contributed by atoms with E-state index in [9.17, 15) is 23.2 Å². The molecule has 204 valence electrons. The molecule has 5 aromatic rings. The Balaban J connectivity index is 1.62. The Morgan fingerprint density at radius 3 is 2.54 bits per heavy atom. The summed E-state index contributed by atoms with van der Waals surface area (Å²) in [5, 5.41) is 14.0. The molecule has 4 aromatic carbocycles. The minimum atomic E-state index is -4.59. The van der Waals surface area contributed by atoms with E-state index in [1.54, 1.807) is 66.7 Å². The maximum absolute atomic E-state index is 13.5. The summed E-state index contributed by atoms with van der Waals surface area (Å²) in [5.41, 5.74) is 0.478. The molecule has 0 unspecified atom stereocenters. The van der Waals surface area contributed by atoms with Crippen molar-refractivity contribution in [3.63, 3.8) is 0 Å². The maximum atomic E-state index is 13.5. The first kappa shape index (κ1) is 27.1. The molecule has 0 atom stereocenters. The first-order valence-corrected chi connectivity index (χ1v) is 12.3. The Morgan fingerprint density at radius 2 is 1.76 bits per heavy atom. The zero-order valence-electron chi connectivity index (χ0n) is 21.6. The first-order chi connectivity index (χ1) is 19.8. The Morgan fingerprint density at radius 1 is 1.00 bits per heavy atom. The Bertz CT molecular complexity index is 1870. The van der Waals surface area contributed by atoms with Gasteiger partial charge in [-0.1, -0.05) is 48.5 Å². The van der Waals surface area contributed by atoms with E-state index < -0.39 is 17.3 Å². The summed E-state index contributed by atoms with van der Waals surface area (Å²) in [7, 11) is 1.47. The summed E-state index contributed by atoms with van der Waals surface area (Å²) < 4.78 is 52.9. The van der Waals surface area contributed by atoms with Crippen molar-refractivity contribution in [2.24, 2.45) is 5.10 Å². The van der Waals surface area contributed by atoms with Gasteiger partial charge in [-0.3, -0.25) is 4.79 Å². The van der Waals surface area contributed by atoms with Gasteiger partial charge in [-0.2, -0.15) is 28.2 Å². The molecule has 7 nitrogen and oxygen atoms in total. The molecule has 1 aromatic heterocycles. The fraction of sp³-hybridized carbons (Fsp3) is 0.0968. The van der Waals surface area contributed by atoms with Crippen molar-refractivity contribution in [1.82, 2.24) is 9.66 Å². The molecule has 1 heterocycles. The highest BCUT2D eigenvalue weighted by Gasteiger charge is 2.31. The fourth-order valence-electron chi connectivity index (χ4n) is 4.23. The number of aromatic nitrogens is 2. The normalized spacial score (nSPS) is 11.5. The van der Waals surface area contributed by atoms with Gasteiger partial charge < -0.3 is 9.47 Å². The van der Waals surface area contributed by atoms with Crippen LogP contribution in [0.25, 0.3) is 22.3 Å². The van der Waals surface area contributed by atoms with Gasteiger partial charge in [-0.25, -0.2) is 4.98 Å². The molecule has 0 saturated carbocycles. The molecule has 0 spiro atoms. The lowest BCUT2D eigenvalue weighted by Gasteiger charge is -2.14. The molecule has 0 aliphatic carbocycles. The number of hydrogen-bond acceptors (Lipinski definition) is 6. The number of nitriles is 1. The molecule has 0 radical (unpaired) electrons. The van der Waals surface area contributed by atoms with E-state index in [0.29, 0.717) is 33.7 Å². The molecule has 0 amide bonds. The minimum Gasteiger partial charge on any atom is -0.493 e. The van der Waals surface area contributed by atoms with Crippen LogP contribution in [-0.4, -0.2) is 23.0 Å². The Labute approximate surface area is 232 Å². The lowest BCUT2D eigenvalue weighted by molar-refractivity contribution is -0.137. The van der Waals surface area contributed by atoms with Gasteiger partial charge >= 0.3 is 6.18 Å². The highest BCUT2D eigenvalue weighted by Crippen LogP contribution is 2.33. The van der Waals surface area contributed by atoms with E-state index in [0.717, 1.165) is 16.8 Å². The molecule has 0 saturated heterocycles. The highest BCUT2D eigenvalue weighted by atomic mass is 19.4. The quantitative estimate of drug-likeness (QED) is 0.217. The largest absolute Gasteiger partial charge is 0.493 e. The average molecular weight is 555 g/mol. The van der Waals surface area contributed by atoms with Crippen LogP contribution >= 0.6 is 0 Å². The second-order valence-corrected chi connectivity index (χ2v) is 8.83. The van der Waals surface area contributed by atoms with Crippen LogP contribution in [0, 0.1) is 11.3 Å². The standard InChI is InChI=1S/C31H21F3N4O3/c1-40-27-15-7-11-22(28(27)41-19-23-9-3-2-8-21(23)17-35)18-36-38-29(20-10-6-12-24(16-20)31(32,33)34)37-26-14-5-4-13-25(26)30(38)39/h2-16,18H,19H2,1H3. The fourth-order valence-corrected chi connectivity index (χ4v) is 4.23. The molecule has 0 fully saturated rings. The summed E-state index contributed by atoms with van der Waals surface area (Å²) in [6, 6.07) is 25.3. The average Bonchev–Trinajstić information content (AvgIpc) is 2.99. The molecule has 5 rings (SSSR count). The van der Waals surface area contributed by atoms with Crippen molar-refractivity contribution in [2.45, 2.75) is 12.8 Å². The highest BCUT2D eigenvalue weighted by molar-refractivity contribution is 5.86. The van der Waals surface area contributed by atoms with E-state index in [1.165, 1.54) is 25.5 Å². The van der Waals surface area contributed by atoms with Gasteiger partial charge in [0.2, 0.25) is 0 Å². The summed E-state index contributed by atoms with van der Waals surface area (Å²) in [5.74, 6) is 0.615. The van der Waals surface area contributed by atoms with Crippen LogP contribution in [0.1, 0.15) is 22.3 Å². The molecule has 41 heavy (non-hydrogen) atoms. The van der Waals surface area contributed by atoms with E-state index in [2.05, 4.69) is 16.2 Å². The predicted molar refractivity (Wildman–Crippen MR) is 148 cm³/mol. The van der Waals surface area contributed by atoms with Crippen molar-refractivity contribution >= 4 is 17.1 Å². The van der Waals surface area contributed by atoms with Gasteiger partial charge in [0.25, 0.3) is 5.56 Å². The van der Waals surface area contributed by atoms with Crippen LogP contribution in [0.3, 0.4) is 0 Å². The topological polar surface area (TPSA) is 89.5 Å². The number of benzene rings is 4. The van der Waals surface area contributed by atoms with Gasteiger partial charge in [-0.05, 0) is 42.5 Å². The van der Waals surface area contributed by atoms with Crippen molar-refractivity contribution in [2.75, 3.05) is 7.11 Å². The third-order valence-corrected chi connectivity index (χ3v) is 6.25. The van der Waals surface area contributed by atoms with Crippen LogP contribution < -0.4 is 15.0 Å².